The van der Waals surface area contributed by atoms with E-state index in [1.54, 1.807) is 0 Å². The van der Waals surface area contributed by atoms with E-state index in [-0.39, 0.29) is 0 Å². The minimum absolute atomic E-state index is 0.844. The molecule has 0 amide bonds. The number of hydrogen-bond donors (Lipinski definition) is 0. The zero-order valence-electron chi connectivity index (χ0n) is 51.3. The second-order valence-electron chi connectivity index (χ2n) is 25.0. The van der Waals surface area contributed by atoms with E-state index < -0.39 is 0 Å². The lowest BCUT2D eigenvalue weighted by Gasteiger charge is -2.39. The highest BCUT2D eigenvalue weighted by molar-refractivity contribution is 7.00. The highest BCUT2D eigenvalue weighted by Crippen LogP contribution is 2.55. The maximum absolute atomic E-state index is 5.33. The molecule has 0 radical (unpaired) electrons. The number of hydrogen-bond acceptors (Lipinski definition) is 7. The van der Waals surface area contributed by atoms with Crippen molar-refractivity contribution in [2.45, 2.75) is 0 Å². The quantitative estimate of drug-likeness (QED) is 0.165. The minimum atomic E-state index is 0.844. The van der Waals surface area contributed by atoms with Crippen molar-refractivity contribution in [2.75, 3.05) is 33.7 Å². The second kappa shape index (κ2) is 19.3. The number of anilines is 10. The van der Waals surface area contributed by atoms with Gasteiger partial charge in [0, 0.05) is 127 Å². The summed E-state index contributed by atoms with van der Waals surface area (Å²) in [5, 5.41) is 9.73. The number of benzene rings is 13. The molecule has 0 saturated carbocycles. The van der Waals surface area contributed by atoms with Crippen LogP contribution in [0.15, 0.2) is 267 Å². The van der Waals surface area contributed by atoms with Crippen LogP contribution in [-0.4, -0.2) is 41.1 Å². The van der Waals surface area contributed by atoms with Gasteiger partial charge in [-0.3, -0.25) is 0 Å². The summed E-state index contributed by atoms with van der Waals surface area (Å²) < 4.78 is 20.3. The standard InChI is InChI=1S/C82H56N10S/c1-85-65-25-9-5-21-57(65)61-47-79-63(45-77(61)85)59-23-7-11-27-67(59)89(79)51-39-49(41-53(43-51)91-73-33-17-13-29-69(73)87(3)70-30-14-18-34-74(70)91)55-37-38-56(82-81(55)83-93-84-82)50-40-52(44-54(42-50)92-75-35-19-15-31-71(75)88(4)72-32-16-20-36-76(72)92)90-68-28-12-8-24-60(68)64-46-78-62(48-80(64)90)58-22-6-10-26-66(58)86(78)2/h5-48H,1-4H3. The Kier molecular flexibility index (Phi) is 10.8. The molecule has 7 heterocycles. The molecular formula is C82H56N10S. The Morgan fingerprint density at radius 3 is 0.914 bits per heavy atom. The lowest BCUT2D eigenvalue weighted by Crippen LogP contribution is -2.24. The molecule has 0 spiro atoms. The van der Waals surface area contributed by atoms with Gasteiger partial charge in [-0.05, 0) is 145 Å². The number of aryl methyl sites for hydroxylation is 2. The van der Waals surface area contributed by atoms with Crippen LogP contribution in [0.2, 0.25) is 0 Å². The van der Waals surface area contributed by atoms with Crippen molar-refractivity contribution < 1.29 is 0 Å². The number of para-hydroxylation sites is 12. The van der Waals surface area contributed by atoms with E-state index in [2.05, 4.69) is 333 Å². The van der Waals surface area contributed by atoms with Crippen molar-refractivity contribution in [1.82, 2.24) is 27.0 Å². The molecule has 0 bridgehead atoms. The Morgan fingerprint density at radius 1 is 0.247 bits per heavy atom. The Labute approximate surface area is 539 Å². The number of rotatable bonds is 6. The van der Waals surface area contributed by atoms with E-state index in [9.17, 15) is 0 Å². The fraction of sp³-hybridized carbons (Fsp3) is 0.0488. The molecule has 0 saturated heterocycles. The molecule has 2 aliphatic rings. The molecule has 18 aromatic rings. The van der Waals surface area contributed by atoms with Gasteiger partial charge in [-0.25, -0.2) is 0 Å². The lowest BCUT2D eigenvalue weighted by molar-refractivity contribution is 1.02. The van der Waals surface area contributed by atoms with Crippen molar-refractivity contribution in [1.29, 1.82) is 0 Å². The van der Waals surface area contributed by atoms with Crippen LogP contribution >= 0.6 is 11.7 Å². The van der Waals surface area contributed by atoms with Gasteiger partial charge < -0.3 is 37.9 Å². The van der Waals surface area contributed by atoms with Crippen LogP contribution in [0.4, 0.5) is 56.9 Å². The number of fused-ring (bicyclic) bond motifs is 17. The topological polar surface area (TPSA) is 58.5 Å². The monoisotopic (exact) mass is 1210 g/mol. The summed E-state index contributed by atoms with van der Waals surface area (Å²) in [5.74, 6) is 0. The first kappa shape index (κ1) is 51.9. The minimum Gasteiger partial charge on any atom is -0.344 e. The van der Waals surface area contributed by atoms with Gasteiger partial charge in [-0.15, -0.1) is 0 Å². The SMILES string of the molecule is CN1c2ccccc2N(c2cc(-c3ccc(-c4cc(N5c6ccccc6N(C)c6ccccc65)cc(-n5c6ccccc6c6cc7c(cc65)c5ccccc5n7C)c4)c4nsnc34)cc(-n3c4ccccc4c4cc5c(cc43)c3ccccc3n5C)c2)c2ccccc21. The third-order valence-electron chi connectivity index (χ3n) is 20.2. The molecule has 440 valence electrons. The molecule has 0 atom stereocenters. The van der Waals surface area contributed by atoms with E-state index in [0.717, 1.165) is 124 Å². The van der Waals surface area contributed by atoms with Crippen LogP contribution in [0.5, 0.6) is 0 Å². The molecule has 93 heavy (non-hydrogen) atoms. The summed E-state index contributed by atoms with van der Waals surface area (Å²) in [6.45, 7) is 0. The van der Waals surface area contributed by atoms with Crippen molar-refractivity contribution in [2.24, 2.45) is 14.1 Å². The first-order valence-corrected chi connectivity index (χ1v) is 32.4. The summed E-state index contributed by atoms with van der Waals surface area (Å²) in [4.78, 5) is 9.51. The largest absolute Gasteiger partial charge is 0.344 e. The molecule has 20 rings (SSSR count). The van der Waals surface area contributed by atoms with E-state index in [1.807, 2.05) is 0 Å². The zero-order valence-corrected chi connectivity index (χ0v) is 52.1. The molecule has 0 N–H and O–H groups in total. The smallest absolute Gasteiger partial charge is 0.113 e. The van der Waals surface area contributed by atoms with Crippen LogP contribution in [0.1, 0.15) is 0 Å². The predicted octanol–water partition coefficient (Wildman–Crippen LogP) is 21.6. The molecule has 11 heteroatoms. The fourth-order valence-electron chi connectivity index (χ4n) is 16.0. The van der Waals surface area contributed by atoms with Crippen LogP contribution < -0.4 is 19.6 Å². The van der Waals surface area contributed by atoms with E-state index in [0.29, 0.717) is 0 Å². The molecule has 2 aliphatic heterocycles. The second-order valence-corrected chi connectivity index (χ2v) is 25.5. The molecule has 0 unspecified atom stereocenters. The van der Waals surface area contributed by atoms with Gasteiger partial charge >= 0.3 is 0 Å². The Balaban J connectivity index is 0.843. The average Bonchev–Trinajstić information content (AvgIpc) is 1.62. The summed E-state index contributed by atoms with van der Waals surface area (Å²) in [6.07, 6.45) is 0. The summed E-state index contributed by atoms with van der Waals surface area (Å²) in [6, 6.07) is 98.8. The summed E-state index contributed by atoms with van der Waals surface area (Å²) in [5.41, 5.74) is 28.2. The maximum atomic E-state index is 5.33. The van der Waals surface area contributed by atoms with Crippen LogP contribution in [0.25, 0.3) is 132 Å². The predicted molar refractivity (Wildman–Crippen MR) is 390 cm³/mol. The highest BCUT2D eigenvalue weighted by Gasteiger charge is 2.32. The summed E-state index contributed by atoms with van der Waals surface area (Å²) in [7, 11) is 8.72. The Morgan fingerprint density at radius 2 is 0.538 bits per heavy atom. The van der Waals surface area contributed by atoms with Gasteiger partial charge in [0.25, 0.3) is 0 Å². The molecule has 5 aromatic heterocycles. The third kappa shape index (κ3) is 7.27. The maximum Gasteiger partial charge on any atom is 0.113 e. The fourth-order valence-corrected chi connectivity index (χ4v) is 16.5. The van der Waals surface area contributed by atoms with E-state index >= 15 is 0 Å². The average molecular weight is 1210 g/mol. The first-order valence-electron chi connectivity index (χ1n) is 31.6. The van der Waals surface area contributed by atoms with Gasteiger partial charge in [0.05, 0.1) is 79.3 Å². The van der Waals surface area contributed by atoms with Gasteiger partial charge in [0.1, 0.15) is 11.0 Å². The van der Waals surface area contributed by atoms with Gasteiger partial charge in [-0.2, -0.15) is 8.75 Å². The molecule has 13 aromatic carbocycles. The van der Waals surface area contributed by atoms with Crippen LogP contribution in [0, 0.1) is 0 Å². The number of nitrogens with zero attached hydrogens (tertiary/aromatic N) is 10. The van der Waals surface area contributed by atoms with Crippen molar-refractivity contribution in [3.8, 4) is 33.6 Å². The van der Waals surface area contributed by atoms with Crippen LogP contribution in [-0.2, 0) is 14.1 Å². The molecular weight excluding hydrogens is 1160 g/mol. The normalized spacial score (nSPS) is 13.1. The highest BCUT2D eigenvalue weighted by atomic mass is 32.1. The van der Waals surface area contributed by atoms with Gasteiger partial charge in [-0.1, -0.05) is 133 Å². The Hall–Kier alpha value is -11.9. The lowest BCUT2D eigenvalue weighted by atomic mass is 9.95. The first-order chi connectivity index (χ1) is 45.8. The zero-order chi connectivity index (χ0) is 61.5. The van der Waals surface area contributed by atoms with E-state index in [1.165, 1.54) is 76.9 Å². The van der Waals surface area contributed by atoms with Crippen molar-refractivity contribution in [3.05, 3.63) is 267 Å². The number of aromatic nitrogens is 6. The summed E-state index contributed by atoms with van der Waals surface area (Å²) >= 11 is 1.27. The van der Waals surface area contributed by atoms with Gasteiger partial charge in [0.15, 0.2) is 0 Å². The third-order valence-corrected chi connectivity index (χ3v) is 20.8. The molecule has 0 fully saturated rings. The van der Waals surface area contributed by atoms with Crippen molar-refractivity contribution in [3.63, 3.8) is 0 Å². The van der Waals surface area contributed by atoms with Crippen molar-refractivity contribution >= 4 is 167 Å². The van der Waals surface area contributed by atoms with Crippen LogP contribution in [0.3, 0.4) is 0 Å². The molecule has 10 nitrogen and oxygen atoms in total. The molecule has 0 aliphatic carbocycles. The van der Waals surface area contributed by atoms with Gasteiger partial charge in [0.2, 0.25) is 0 Å². The van der Waals surface area contributed by atoms with E-state index in [4.69, 9.17) is 8.75 Å². The Bertz CT molecular complexity index is 5780.